The van der Waals surface area contributed by atoms with Crippen LogP contribution in [0.3, 0.4) is 0 Å². The van der Waals surface area contributed by atoms with Gasteiger partial charge in [0.1, 0.15) is 0 Å². The van der Waals surface area contributed by atoms with Crippen molar-refractivity contribution in [3.05, 3.63) is 35.9 Å². The third kappa shape index (κ3) is 7.55. The van der Waals surface area contributed by atoms with Crippen LogP contribution in [0.15, 0.2) is 30.3 Å². The first-order valence-corrected chi connectivity index (χ1v) is 8.17. The molecule has 0 bridgehead atoms. The number of hydrogen-bond donors (Lipinski definition) is 2. The van der Waals surface area contributed by atoms with Gasteiger partial charge < -0.3 is 15.8 Å². The number of carbonyl (C=O) groups excluding carboxylic acids is 1. The molecule has 1 aliphatic heterocycles. The molecule has 1 aliphatic rings. The van der Waals surface area contributed by atoms with Gasteiger partial charge >= 0.3 is 5.43 Å². The Kier molecular flexibility index (Phi) is 12.5. The van der Waals surface area contributed by atoms with Crippen LogP contribution in [0.25, 0.3) is 0 Å². The maximum absolute atomic E-state index is 11.2. The van der Waals surface area contributed by atoms with Gasteiger partial charge in [0.25, 0.3) is 0 Å². The quantitative estimate of drug-likeness (QED) is 0.545. The number of nitrogens with two attached hydrogens (primary N) is 1. The predicted octanol–water partition coefficient (Wildman–Crippen LogP) is 3.31. The first kappa shape index (κ1) is 23.4. The first-order chi connectivity index (χ1) is 10.7. The standard InChI is InChI=1S/C16H24ClN3O2.2ClH/c17-16(21)22-15(13-6-2-1-3-7-13)20-11-4-8-14(12-20)19-10-5-9-18;;/h1-3,6-7,14-15,19H,4-5,8-12,18H2;2*1H. The van der Waals surface area contributed by atoms with E-state index in [0.717, 1.165) is 44.5 Å². The van der Waals surface area contributed by atoms with E-state index in [-0.39, 0.29) is 24.8 Å². The van der Waals surface area contributed by atoms with Crippen molar-refractivity contribution in [3.63, 3.8) is 0 Å². The van der Waals surface area contributed by atoms with Gasteiger partial charge in [-0.1, -0.05) is 30.3 Å². The molecule has 0 radical (unpaired) electrons. The number of halogens is 3. The molecule has 24 heavy (non-hydrogen) atoms. The Hall–Kier alpha value is -0.560. The van der Waals surface area contributed by atoms with E-state index in [1.807, 2.05) is 30.3 Å². The summed E-state index contributed by atoms with van der Waals surface area (Å²) in [6, 6.07) is 10.1. The van der Waals surface area contributed by atoms with Gasteiger partial charge in [-0.15, -0.1) is 24.8 Å². The van der Waals surface area contributed by atoms with Crippen LogP contribution in [0.5, 0.6) is 0 Å². The minimum atomic E-state index is -0.771. The number of nitrogens with one attached hydrogen (secondary N) is 1. The van der Waals surface area contributed by atoms with Gasteiger partial charge in [-0.05, 0) is 32.4 Å². The normalized spacial score (nSPS) is 18.8. The predicted molar refractivity (Wildman–Crippen MR) is 102 cm³/mol. The molecule has 5 nitrogen and oxygen atoms in total. The van der Waals surface area contributed by atoms with E-state index >= 15 is 0 Å². The summed E-state index contributed by atoms with van der Waals surface area (Å²) < 4.78 is 5.35. The molecule has 2 atom stereocenters. The van der Waals surface area contributed by atoms with E-state index in [1.165, 1.54) is 0 Å². The summed E-state index contributed by atoms with van der Waals surface area (Å²) in [5, 5.41) is 3.52. The summed E-state index contributed by atoms with van der Waals surface area (Å²) in [4.78, 5) is 13.4. The Labute approximate surface area is 161 Å². The number of piperidine rings is 1. The van der Waals surface area contributed by atoms with E-state index in [1.54, 1.807) is 0 Å². The average molecular weight is 399 g/mol. The third-order valence-electron chi connectivity index (χ3n) is 3.89. The molecule has 1 heterocycles. The number of ether oxygens (including phenoxy) is 1. The van der Waals surface area contributed by atoms with E-state index in [4.69, 9.17) is 22.1 Å². The molecule has 0 spiro atoms. The zero-order valence-electron chi connectivity index (χ0n) is 13.5. The summed E-state index contributed by atoms with van der Waals surface area (Å²) in [6.45, 7) is 3.33. The number of rotatable bonds is 7. The maximum Gasteiger partial charge on any atom is 0.405 e. The van der Waals surface area contributed by atoms with Crippen LogP contribution in [0, 0.1) is 0 Å². The molecule has 2 rings (SSSR count). The van der Waals surface area contributed by atoms with Crippen molar-refractivity contribution in [2.24, 2.45) is 5.73 Å². The van der Waals surface area contributed by atoms with Crippen LogP contribution >= 0.6 is 36.4 Å². The molecular formula is C16H26Cl3N3O2. The molecular weight excluding hydrogens is 373 g/mol. The molecule has 0 aliphatic carbocycles. The second-order valence-corrected chi connectivity index (χ2v) is 5.86. The average Bonchev–Trinajstić information content (AvgIpc) is 2.54. The fourth-order valence-corrected chi connectivity index (χ4v) is 2.94. The third-order valence-corrected chi connectivity index (χ3v) is 3.98. The van der Waals surface area contributed by atoms with Crippen LogP contribution in [0.4, 0.5) is 4.79 Å². The van der Waals surface area contributed by atoms with Crippen molar-refractivity contribution in [1.82, 2.24) is 10.2 Å². The number of hydrogen-bond acceptors (Lipinski definition) is 5. The number of carbonyl (C=O) groups is 1. The molecule has 2 unspecified atom stereocenters. The minimum Gasteiger partial charge on any atom is -0.430 e. The molecule has 1 saturated heterocycles. The van der Waals surface area contributed by atoms with Crippen molar-refractivity contribution < 1.29 is 9.53 Å². The fourth-order valence-electron chi connectivity index (χ4n) is 2.85. The minimum absolute atomic E-state index is 0. The lowest BCUT2D eigenvalue weighted by molar-refractivity contribution is -0.0216. The lowest BCUT2D eigenvalue weighted by atomic mass is 10.0. The zero-order chi connectivity index (χ0) is 15.8. The van der Waals surface area contributed by atoms with Crippen molar-refractivity contribution in [3.8, 4) is 0 Å². The van der Waals surface area contributed by atoms with Gasteiger partial charge in [-0.25, -0.2) is 4.79 Å². The highest BCUT2D eigenvalue weighted by Crippen LogP contribution is 2.26. The zero-order valence-corrected chi connectivity index (χ0v) is 15.9. The second kappa shape index (κ2) is 12.8. The SMILES string of the molecule is Cl.Cl.NCCCNC1CCCN(C(OC(=O)Cl)c2ccccc2)C1. The highest BCUT2D eigenvalue weighted by Gasteiger charge is 2.28. The van der Waals surface area contributed by atoms with Gasteiger partial charge in [0.05, 0.1) is 0 Å². The van der Waals surface area contributed by atoms with E-state index in [0.29, 0.717) is 12.6 Å². The number of likely N-dealkylation sites (tertiary alicyclic amines) is 1. The Morgan fingerprint density at radius 2 is 2.08 bits per heavy atom. The van der Waals surface area contributed by atoms with Gasteiger partial charge in [0.15, 0.2) is 6.23 Å². The summed E-state index contributed by atoms with van der Waals surface area (Å²) in [5.74, 6) is 0. The molecule has 0 saturated carbocycles. The fraction of sp³-hybridized carbons (Fsp3) is 0.562. The molecule has 3 N–H and O–H groups in total. The van der Waals surface area contributed by atoms with Crippen LogP contribution < -0.4 is 11.1 Å². The molecule has 8 heteroatoms. The lowest BCUT2D eigenvalue weighted by Crippen LogP contribution is -2.48. The molecule has 1 aromatic carbocycles. The highest BCUT2D eigenvalue weighted by atomic mass is 35.5. The Morgan fingerprint density at radius 1 is 1.38 bits per heavy atom. The second-order valence-electron chi connectivity index (χ2n) is 5.55. The van der Waals surface area contributed by atoms with Crippen LogP contribution in [0.2, 0.25) is 0 Å². The number of benzene rings is 1. The molecule has 1 aromatic rings. The molecule has 138 valence electrons. The van der Waals surface area contributed by atoms with E-state index < -0.39 is 11.7 Å². The Bertz CT molecular complexity index is 465. The summed E-state index contributed by atoms with van der Waals surface area (Å²) in [5.41, 5.74) is 5.70. The summed E-state index contributed by atoms with van der Waals surface area (Å²) in [6.07, 6.45) is 2.72. The Balaban J connectivity index is 0.00000264. The van der Waals surface area contributed by atoms with Crippen molar-refractivity contribution in [2.45, 2.75) is 31.5 Å². The molecule has 0 aromatic heterocycles. The highest BCUT2D eigenvalue weighted by molar-refractivity contribution is 6.61. The molecule has 0 amide bonds. The topological polar surface area (TPSA) is 67.6 Å². The van der Waals surface area contributed by atoms with Gasteiger partial charge in [0.2, 0.25) is 0 Å². The van der Waals surface area contributed by atoms with E-state index in [9.17, 15) is 4.79 Å². The lowest BCUT2D eigenvalue weighted by Gasteiger charge is -2.37. The van der Waals surface area contributed by atoms with Crippen LogP contribution in [-0.2, 0) is 4.74 Å². The Morgan fingerprint density at radius 3 is 2.71 bits per heavy atom. The molecule has 1 fully saturated rings. The number of nitrogens with zero attached hydrogens (tertiary/aromatic N) is 1. The first-order valence-electron chi connectivity index (χ1n) is 7.79. The smallest absolute Gasteiger partial charge is 0.405 e. The summed E-state index contributed by atoms with van der Waals surface area (Å²) in [7, 11) is 0. The summed E-state index contributed by atoms with van der Waals surface area (Å²) >= 11 is 5.46. The van der Waals surface area contributed by atoms with Gasteiger partial charge in [-0.3, -0.25) is 4.90 Å². The van der Waals surface area contributed by atoms with Crippen LogP contribution in [-0.4, -0.2) is 42.5 Å². The largest absolute Gasteiger partial charge is 0.430 e. The van der Waals surface area contributed by atoms with Crippen molar-refractivity contribution in [1.29, 1.82) is 0 Å². The van der Waals surface area contributed by atoms with Gasteiger partial charge in [-0.2, -0.15) is 0 Å². The maximum atomic E-state index is 11.2. The van der Waals surface area contributed by atoms with Crippen molar-refractivity contribution in [2.75, 3.05) is 26.2 Å². The van der Waals surface area contributed by atoms with Gasteiger partial charge in [0, 0.05) is 36.3 Å². The van der Waals surface area contributed by atoms with Crippen molar-refractivity contribution >= 4 is 41.8 Å². The van der Waals surface area contributed by atoms with Crippen LogP contribution in [0.1, 0.15) is 31.1 Å². The monoisotopic (exact) mass is 397 g/mol. The van der Waals surface area contributed by atoms with E-state index in [2.05, 4.69) is 10.2 Å².